The predicted molar refractivity (Wildman–Crippen MR) is 91.8 cm³/mol. The molecule has 2 N–H and O–H groups in total. The second kappa shape index (κ2) is 7.21. The molecule has 3 aromatic heterocycles. The van der Waals surface area contributed by atoms with Crippen LogP contribution in [0.25, 0.3) is 0 Å². The first-order chi connectivity index (χ1) is 12.5. The minimum absolute atomic E-state index is 0.0358. The van der Waals surface area contributed by atoms with E-state index in [9.17, 15) is 9.59 Å². The number of carbonyl (C=O) groups excluding carboxylic acids is 1. The molecule has 10 nitrogen and oxygen atoms in total. The number of carbonyl (C=O) groups is 2. The molecule has 0 aliphatic heterocycles. The van der Waals surface area contributed by atoms with Crippen LogP contribution in [0.4, 0.5) is 5.69 Å². The Morgan fingerprint density at radius 3 is 2.54 bits per heavy atom. The maximum absolute atomic E-state index is 12.1. The number of aryl methyl sites for hydroxylation is 1. The van der Waals surface area contributed by atoms with E-state index in [0.717, 1.165) is 17.8 Å². The molecule has 136 valence electrons. The summed E-state index contributed by atoms with van der Waals surface area (Å²) >= 11 is 0. The molecule has 0 aliphatic carbocycles. The van der Waals surface area contributed by atoms with Crippen LogP contribution in [-0.2, 0) is 24.4 Å². The molecule has 0 unspecified atom stereocenters. The maximum atomic E-state index is 12.1. The van der Waals surface area contributed by atoms with Gasteiger partial charge in [0.1, 0.15) is 6.54 Å². The summed E-state index contributed by atoms with van der Waals surface area (Å²) in [5.74, 6) is -1.40. The monoisotopic (exact) mass is 357 g/mol. The number of hydrogen-bond donors (Lipinski definition) is 2. The Labute approximate surface area is 149 Å². The number of nitrogens with one attached hydrogen (secondary N) is 1. The molecular formula is C16H19N7O3. The number of rotatable bonds is 7. The van der Waals surface area contributed by atoms with Crippen molar-refractivity contribution in [2.24, 2.45) is 0 Å². The Balaban J connectivity index is 1.59. The standard InChI is InChI=1S/C16H19N7O3/c1-3-23-11(2)12(4-19-23)7-21-9-14(6-18-21)20-15(24)10-22-8-13(5-17-22)16(25)26/h4-6,8-9H,3,7,10H2,1-2H3,(H,20,24)(H,25,26). The van der Waals surface area contributed by atoms with E-state index in [1.165, 1.54) is 17.1 Å². The van der Waals surface area contributed by atoms with Gasteiger partial charge in [0, 0.05) is 30.2 Å². The first-order valence-corrected chi connectivity index (χ1v) is 8.05. The molecule has 0 radical (unpaired) electrons. The summed E-state index contributed by atoms with van der Waals surface area (Å²) in [6.07, 6.45) is 7.61. The van der Waals surface area contributed by atoms with Crippen molar-refractivity contribution in [3.8, 4) is 0 Å². The fourth-order valence-electron chi connectivity index (χ4n) is 2.56. The number of amides is 1. The van der Waals surface area contributed by atoms with E-state index < -0.39 is 5.97 Å². The summed E-state index contributed by atoms with van der Waals surface area (Å²) in [5, 5.41) is 24.0. The molecule has 0 saturated carbocycles. The van der Waals surface area contributed by atoms with Gasteiger partial charge in [-0.25, -0.2) is 4.79 Å². The average molecular weight is 357 g/mol. The van der Waals surface area contributed by atoms with Crippen molar-refractivity contribution in [3.63, 3.8) is 0 Å². The highest BCUT2D eigenvalue weighted by atomic mass is 16.4. The summed E-state index contributed by atoms with van der Waals surface area (Å²) in [4.78, 5) is 22.9. The number of nitrogens with zero attached hydrogens (tertiary/aromatic N) is 6. The van der Waals surface area contributed by atoms with Gasteiger partial charge in [-0.2, -0.15) is 15.3 Å². The number of hydrogen-bond acceptors (Lipinski definition) is 5. The molecule has 3 rings (SSSR count). The number of aromatic nitrogens is 6. The molecule has 1 amide bonds. The Morgan fingerprint density at radius 1 is 1.12 bits per heavy atom. The molecule has 26 heavy (non-hydrogen) atoms. The van der Waals surface area contributed by atoms with E-state index in [4.69, 9.17) is 5.11 Å². The van der Waals surface area contributed by atoms with Gasteiger partial charge < -0.3 is 10.4 Å². The lowest BCUT2D eigenvalue weighted by Gasteiger charge is -2.03. The zero-order valence-electron chi connectivity index (χ0n) is 14.5. The zero-order valence-corrected chi connectivity index (χ0v) is 14.5. The molecule has 10 heteroatoms. The summed E-state index contributed by atoms with van der Waals surface area (Å²) in [6.45, 7) is 5.32. The highest BCUT2D eigenvalue weighted by Gasteiger charge is 2.11. The maximum Gasteiger partial charge on any atom is 0.338 e. The first-order valence-electron chi connectivity index (χ1n) is 8.05. The third kappa shape index (κ3) is 3.79. The van der Waals surface area contributed by atoms with Crippen LogP contribution in [-0.4, -0.2) is 46.3 Å². The molecule has 0 saturated heterocycles. The lowest BCUT2D eigenvalue weighted by molar-refractivity contribution is -0.116. The van der Waals surface area contributed by atoms with Crippen molar-refractivity contribution < 1.29 is 14.7 Å². The molecule has 3 aromatic rings. The van der Waals surface area contributed by atoms with Crippen molar-refractivity contribution in [1.82, 2.24) is 29.3 Å². The van der Waals surface area contributed by atoms with E-state index in [1.807, 2.05) is 24.7 Å². The van der Waals surface area contributed by atoms with Gasteiger partial charge in [-0.1, -0.05) is 0 Å². The fourth-order valence-corrected chi connectivity index (χ4v) is 2.56. The first kappa shape index (κ1) is 17.4. The van der Waals surface area contributed by atoms with Crippen LogP contribution in [0, 0.1) is 6.92 Å². The van der Waals surface area contributed by atoms with Gasteiger partial charge in [0.2, 0.25) is 5.91 Å². The summed E-state index contributed by atoms with van der Waals surface area (Å²) in [5.41, 5.74) is 2.74. The number of anilines is 1. The topological polar surface area (TPSA) is 120 Å². The minimum atomic E-state index is -1.08. The number of aromatic carboxylic acids is 1. The van der Waals surface area contributed by atoms with Gasteiger partial charge in [-0.3, -0.25) is 18.8 Å². The van der Waals surface area contributed by atoms with Gasteiger partial charge in [0.05, 0.1) is 36.4 Å². The smallest absolute Gasteiger partial charge is 0.338 e. The van der Waals surface area contributed by atoms with Crippen LogP contribution in [0.1, 0.15) is 28.5 Å². The van der Waals surface area contributed by atoms with Gasteiger partial charge in [-0.15, -0.1) is 0 Å². The van der Waals surface area contributed by atoms with Crippen molar-refractivity contribution in [1.29, 1.82) is 0 Å². The Morgan fingerprint density at radius 2 is 1.88 bits per heavy atom. The van der Waals surface area contributed by atoms with E-state index >= 15 is 0 Å². The predicted octanol–water partition coefficient (Wildman–Crippen LogP) is 0.990. The molecule has 0 aliphatic rings. The summed E-state index contributed by atoms with van der Waals surface area (Å²) in [6, 6.07) is 0. The molecule has 3 heterocycles. The SMILES string of the molecule is CCn1ncc(Cn2cc(NC(=O)Cn3cc(C(=O)O)cn3)cn2)c1C. The normalized spacial score (nSPS) is 10.8. The zero-order chi connectivity index (χ0) is 18.7. The van der Waals surface area contributed by atoms with Crippen LogP contribution in [0.2, 0.25) is 0 Å². The Bertz CT molecular complexity index is 937. The van der Waals surface area contributed by atoms with E-state index in [1.54, 1.807) is 17.1 Å². The highest BCUT2D eigenvalue weighted by molar-refractivity contribution is 5.90. The lowest BCUT2D eigenvalue weighted by Crippen LogP contribution is -2.18. The average Bonchev–Trinajstić information content (AvgIpc) is 3.30. The third-order valence-corrected chi connectivity index (χ3v) is 3.94. The van der Waals surface area contributed by atoms with Crippen LogP contribution >= 0.6 is 0 Å². The van der Waals surface area contributed by atoms with Crippen molar-refractivity contribution >= 4 is 17.6 Å². The van der Waals surface area contributed by atoms with E-state index in [-0.39, 0.29) is 18.0 Å². The van der Waals surface area contributed by atoms with Gasteiger partial charge >= 0.3 is 5.97 Å². The van der Waals surface area contributed by atoms with Gasteiger partial charge in [0.25, 0.3) is 0 Å². The van der Waals surface area contributed by atoms with Crippen LogP contribution in [0.3, 0.4) is 0 Å². The number of carboxylic acids is 1. The third-order valence-electron chi connectivity index (χ3n) is 3.94. The van der Waals surface area contributed by atoms with Gasteiger partial charge in [0.15, 0.2) is 0 Å². The molecule has 0 bridgehead atoms. The fraction of sp³-hybridized carbons (Fsp3) is 0.312. The largest absolute Gasteiger partial charge is 0.478 e. The molecular weight excluding hydrogens is 338 g/mol. The second-order valence-electron chi connectivity index (χ2n) is 5.78. The molecule has 0 atom stereocenters. The van der Waals surface area contributed by atoms with Crippen molar-refractivity contribution in [3.05, 3.63) is 47.8 Å². The van der Waals surface area contributed by atoms with Crippen LogP contribution in [0.15, 0.2) is 31.0 Å². The minimum Gasteiger partial charge on any atom is -0.478 e. The summed E-state index contributed by atoms with van der Waals surface area (Å²) < 4.78 is 4.90. The van der Waals surface area contributed by atoms with E-state index in [2.05, 4.69) is 20.6 Å². The highest BCUT2D eigenvalue weighted by Crippen LogP contribution is 2.11. The summed E-state index contributed by atoms with van der Waals surface area (Å²) in [7, 11) is 0. The van der Waals surface area contributed by atoms with Crippen LogP contribution < -0.4 is 5.32 Å². The molecule has 0 aromatic carbocycles. The quantitative estimate of drug-likeness (QED) is 0.651. The number of carboxylic acid groups (broad SMARTS) is 1. The van der Waals surface area contributed by atoms with E-state index in [0.29, 0.717) is 12.2 Å². The Kier molecular flexibility index (Phi) is 4.83. The lowest BCUT2D eigenvalue weighted by atomic mass is 10.2. The van der Waals surface area contributed by atoms with Crippen molar-refractivity contribution in [2.45, 2.75) is 33.5 Å². The van der Waals surface area contributed by atoms with Crippen molar-refractivity contribution in [2.75, 3.05) is 5.32 Å². The molecule has 0 fully saturated rings. The van der Waals surface area contributed by atoms with Crippen LogP contribution in [0.5, 0.6) is 0 Å². The second-order valence-corrected chi connectivity index (χ2v) is 5.78. The van der Waals surface area contributed by atoms with Gasteiger partial charge in [-0.05, 0) is 13.8 Å². The Hall–Kier alpha value is -3.43. The molecule has 0 spiro atoms.